The molecular formula is C13H9ClF3NO3S. The van der Waals surface area contributed by atoms with Crippen LogP contribution in [0.3, 0.4) is 0 Å². The Morgan fingerprint density at radius 3 is 2.41 bits per heavy atom. The monoisotopic (exact) mass is 351 g/mol. The first kappa shape index (κ1) is 16.8. The van der Waals surface area contributed by atoms with Gasteiger partial charge in [0, 0.05) is 16.8 Å². The van der Waals surface area contributed by atoms with Crippen molar-refractivity contribution in [1.82, 2.24) is 0 Å². The van der Waals surface area contributed by atoms with Crippen molar-refractivity contribution < 1.29 is 27.0 Å². The molecule has 2 unspecified atom stereocenters. The second kappa shape index (κ2) is 5.58. The summed E-state index contributed by atoms with van der Waals surface area (Å²) in [5.74, 6) is -2.97. The van der Waals surface area contributed by atoms with Gasteiger partial charge in [-0.1, -0.05) is 11.6 Å². The predicted octanol–water partition coefficient (Wildman–Crippen LogP) is 3.17. The zero-order valence-corrected chi connectivity index (χ0v) is 12.9. The van der Waals surface area contributed by atoms with Gasteiger partial charge in [0.2, 0.25) is 0 Å². The van der Waals surface area contributed by atoms with E-state index in [0.717, 1.165) is 19.2 Å². The number of alkyl halides is 3. The number of nitrogens with zero attached hydrogens (tertiary/aromatic N) is 1. The summed E-state index contributed by atoms with van der Waals surface area (Å²) in [7, 11) is -1.86. The smallest absolute Gasteiger partial charge is 0.299 e. The fraction of sp³-hybridized carbons (Fsp3) is 0.308. The molecule has 0 bridgehead atoms. The van der Waals surface area contributed by atoms with Gasteiger partial charge in [-0.15, -0.1) is 0 Å². The molecule has 1 aromatic rings. The second-order valence-electron chi connectivity index (χ2n) is 4.66. The molecule has 1 aromatic carbocycles. The van der Waals surface area contributed by atoms with E-state index in [1.165, 1.54) is 0 Å². The number of halogens is 4. The molecule has 1 heterocycles. The number of benzene rings is 1. The minimum atomic E-state index is -4.79. The molecule has 118 valence electrons. The number of carbonyl (C=O) groups excluding carboxylic acids is 2. The van der Waals surface area contributed by atoms with Crippen LogP contribution < -0.4 is 0 Å². The van der Waals surface area contributed by atoms with Gasteiger partial charge in [0.25, 0.3) is 0 Å². The van der Waals surface area contributed by atoms with E-state index < -0.39 is 51.3 Å². The molecular weight excluding hydrogens is 343 g/mol. The van der Waals surface area contributed by atoms with E-state index in [4.69, 9.17) is 11.6 Å². The van der Waals surface area contributed by atoms with Gasteiger partial charge in [0.15, 0.2) is 5.78 Å². The highest BCUT2D eigenvalue weighted by molar-refractivity contribution is 8.00. The molecule has 0 aromatic heterocycles. The minimum absolute atomic E-state index is 0.294. The number of Topliss-reactive ketones (excluding diaryl/α,β-unsaturated/α-hetero) is 2. The Morgan fingerprint density at radius 1 is 1.36 bits per heavy atom. The Hall–Kier alpha value is -1.54. The van der Waals surface area contributed by atoms with Crippen molar-refractivity contribution in [3.63, 3.8) is 0 Å². The molecule has 9 heteroatoms. The molecule has 0 radical (unpaired) electrons. The van der Waals surface area contributed by atoms with Crippen molar-refractivity contribution >= 4 is 44.7 Å². The van der Waals surface area contributed by atoms with Crippen LogP contribution >= 0.6 is 11.6 Å². The van der Waals surface area contributed by atoms with Crippen LogP contribution in [-0.2, 0) is 21.8 Å². The van der Waals surface area contributed by atoms with Gasteiger partial charge in [-0.3, -0.25) is 13.8 Å². The molecule has 0 N–H and O–H groups in total. The average molecular weight is 352 g/mol. The third-order valence-electron chi connectivity index (χ3n) is 3.08. The average Bonchev–Trinajstić information content (AvgIpc) is 2.36. The predicted molar refractivity (Wildman–Crippen MR) is 76.1 cm³/mol. The maximum absolute atomic E-state index is 13.1. The summed E-state index contributed by atoms with van der Waals surface area (Å²) in [4.78, 5) is 27.7. The molecule has 0 saturated carbocycles. The van der Waals surface area contributed by atoms with Crippen LogP contribution in [0.4, 0.5) is 18.9 Å². The normalized spacial score (nSPS) is 19.5. The number of hydrogen-bond acceptors (Lipinski definition) is 4. The molecule has 2 rings (SSSR count). The fourth-order valence-electron chi connectivity index (χ4n) is 2.15. The van der Waals surface area contributed by atoms with E-state index in [1.54, 1.807) is 0 Å². The van der Waals surface area contributed by atoms with Gasteiger partial charge >= 0.3 is 6.18 Å². The standard InChI is InChI=1S/C13H9ClF3NO3S/c1-5(19)9-11(20)7-3-6(14)4-8(13(15,16)17)10(7)18-12(9)22(2)21/h3-4,9H,1-2H3. The summed E-state index contributed by atoms with van der Waals surface area (Å²) in [6.45, 7) is 1.09. The van der Waals surface area contributed by atoms with Crippen LogP contribution in [0.1, 0.15) is 22.8 Å². The van der Waals surface area contributed by atoms with Gasteiger partial charge in [-0.05, 0) is 19.1 Å². The number of aliphatic imine (C=N–C) groups is 1. The number of fused-ring (bicyclic) bond motifs is 1. The molecule has 22 heavy (non-hydrogen) atoms. The lowest BCUT2D eigenvalue weighted by Crippen LogP contribution is -2.35. The lowest BCUT2D eigenvalue weighted by atomic mass is 9.90. The third kappa shape index (κ3) is 2.85. The van der Waals surface area contributed by atoms with Crippen LogP contribution in [0, 0.1) is 5.92 Å². The SMILES string of the molecule is CC(=O)C1C(=O)c2cc(Cl)cc(C(F)(F)F)c2N=C1S(C)=O. The zero-order valence-electron chi connectivity index (χ0n) is 11.3. The molecule has 1 aliphatic rings. The van der Waals surface area contributed by atoms with E-state index >= 15 is 0 Å². The van der Waals surface area contributed by atoms with E-state index in [-0.39, 0.29) is 10.1 Å². The maximum atomic E-state index is 13.1. The van der Waals surface area contributed by atoms with Crippen molar-refractivity contribution in [2.75, 3.05) is 6.26 Å². The molecule has 0 aliphatic carbocycles. The van der Waals surface area contributed by atoms with E-state index in [2.05, 4.69) is 4.99 Å². The number of hydrogen-bond donors (Lipinski definition) is 0. The molecule has 1 aliphatic heterocycles. The van der Waals surface area contributed by atoms with Crippen LogP contribution in [-0.4, -0.2) is 27.1 Å². The first-order chi connectivity index (χ1) is 10.0. The zero-order chi connectivity index (χ0) is 16.8. The summed E-state index contributed by atoms with van der Waals surface area (Å²) < 4.78 is 50.9. The topological polar surface area (TPSA) is 63.6 Å². The molecule has 4 nitrogen and oxygen atoms in total. The number of ketones is 2. The lowest BCUT2D eigenvalue weighted by molar-refractivity contribution is -0.137. The van der Waals surface area contributed by atoms with Crippen LogP contribution in [0.2, 0.25) is 5.02 Å². The number of carbonyl (C=O) groups is 2. The highest BCUT2D eigenvalue weighted by Gasteiger charge is 2.42. The Kier molecular flexibility index (Phi) is 4.27. The van der Waals surface area contributed by atoms with Gasteiger partial charge in [0.05, 0.1) is 22.1 Å². The van der Waals surface area contributed by atoms with Crippen LogP contribution in [0.5, 0.6) is 0 Å². The van der Waals surface area contributed by atoms with Crippen molar-refractivity contribution in [3.8, 4) is 0 Å². The maximum Gasteiger partial charge on any atom is 0.418 e. The summed E-state index contributed by atoms with van der Waals surface area (Å²) in [5, 5.41) is -0.671. The van der Waals surface area contributed by atoms with Gasteiger partial charge in [-0.2, -0.15) is 13.2 Å². The summed E-state index contributed by atoms with van der Waals surface area (Å²) in [6, 6.07) is 1.67. The summed E-state index contributed by atoms with van der Waals surface area (Å²) in [5.41, 5.74) is -2.24. The minimum Gasteiger partial charge on any atom is -0.299 e. The molecule has 0 saturated heterocycles. The Labute approximate surface area is 130 Å². The third-order valence-corrected chi connectivity index (χ3v) is 4.21. The largest absolute Gasteiger partial charge is 0.418 e. The Morgan fingerprint density at radius 2 is 1.95 bits per heavy atom. The van der Waals surface area contributed by atoms with E-state index in [1.807, 2.05) is 0 Å². The van der Waals surface area contributed by atoms with Crippen LogP contribution in [0.25, 0.3) is 0 Å². The van der Waals surface area contributed by atoms with Gasteiger partial charge < -0.3 is 0 Å². The quantitative estimate of drug-likeness (QED) is 0.730. The Bertz CT molecular complexity index is 743. The fourth-order valence-corrected chi connectivity index (χ4v) is 3.20. The van der Waals surface area contributed by atoms with Crippen molar-refractivity contribution in [2.24, 2.45) is 10.9 Å². The van der Waals surface area contributed by atoms with Crippen molar-refractivity contribution in [1.29, 1.82) is 0 Å². The van der Waals surface area contributed by atoms with Crippen molar-refractivity contribution in [3.05, 3.63) is 28.3 Å². The van der Waals surface area contributed by atoms with Crippen molar-refractivity contribution in [2.45, 2.75) is 13.1 Å². The Balaban J connectivity index is 2.84. The number of rotatable bonds is 1. The van der Waals surface area contributed by atoms with Gasteiger partial charge in [-0.25, -0.2) is 4.99 Å². The lowest BCUT2D eigenvalue weighted by Gasteiger charge is -2.23. The first-order valence-corrected chi connectivity index (χ1v) is 7.85. The van der Waals surface area contributed by atoms with Gasteiger partial charge in [0.1, 0.15) is 16.7 Å². The highest BCUT2D eigenvalue weighted by atomic mass is 35.5. The molecule has 0 spiro atoms. The van der Waals surface area contributed by atoms with E-state index in [9.17, 15) is 27.0 Å². The molecule has 0 amide bonds. The highest BCUT2D eigenvalue weighted by Crippen LogP contribution is 2.43. The second-order valence-corrected chi connectivity index (χ2v) is 6.42. The summed E-state index contributed by atoms with van der Waals surface area (Å²) >= 11 is 5.63. The van der Waals surface area contributed by atoms with E-state index in [0.29, 0.717) is 6.07 Å². The van der Waals surface area contributed by atoms with Crippen LogP contribution in [0.15, 0.2) is 17.1 Å². The first-order valence-electron chi connectivity index (χ1n) is 5.91. The molecule has 2 atom stereocenters. The molecule has 0 fully saturated rings. The summed E-state index contributed by atoms with van der Waals surface area (Å²) in [6.07, 6.45) is -3.64.